The quantitative estimate of drug-likeness (QED) is 0.484. The molecule has 0 saturated heterocycles. The van der Waals surface area contributed by atoms with Crippen LogP contribution in [0.1, 0.15) is 16.2 Å². The fraction of sp³-hybridized carbons (Fsp3) is 0.222. The van der Waals surface area contributed by atoms with Crippen molar-refractivity contribution in [2.75, 3.05) is 13.7 Å². The molecule has 0 saturated carbocycles. The third-order valence-electron chi connectivity index (χ3n) is 1.34. The first-order valence-electron chi connectivity index (χ1n) is 3.78. The first-order chi connectivity index (χ1) is 6.77. The molecular formula is C9H8N2O3. The van der Waals surface area contributed by atoms with Gasteiger partial charge in [0.05, 0.1) is 19.5 Å². The Kier molecular flexibility index (Phi) is 3.58. The van der Waals surface area contributed by atoms with E-state index in [1.54, 1.807) is 0 Å². The Hall–Kier alpha value is -1.93. The maximum atomic E-state index is 10.9. The van der Waals surface area contributed by atoms with Crippen molar-refractivity contribution in [2.45, 2.75) is 0 Å². The average Bonchev–Trinajstić information content (AvgIpc) is 2.26. The van der Waals surface area contributed by atoms with Gasteiger partial charge in [-0.1, -0.05) is 5.92 Å². The van der Waals surface area contributed by atoms with Crippen molar-refractivity contribution in [3.8, 4) is 11.8 Å². The van der Waals surface area contributed by atoms with E-state index in [0.717, 1.165) is 0 Å². The third kappa shape index (κ3) is 2.54. The Bertz CT molecular complexity index is 375. The predicted octanol–water partition coefficient (Wildman–Crippen LogP) is -0.393. The second-order valence-corrected chi connectivity index (χ2v) is 2.24. The van der Waals surface area contributed by atoms with Gasteiger partial charge in [-0.05, 0) is 5.92 Å². The second-order valence-electron chi connectivity index (χ2n) is 2.24. The largest absolute Gasteiger partial charge is 0.464 e. The molecule has 0 aliphatic carbocycles. The molecule has 14 heavy (non-hydrogen) atoms. The SMILES string of the molecule is COC(=O)c1cnc(C#CCO)cn1. The molecule has 1 aromatic rings. The lowest BCUT2D eigenvalue weighted by Crippen LogP contribution is -2.04. The Balaban J connectivity index is 2.83. The number of hydrogen-bond acceptors (Lipinski definition) is 5. The molecule has 0 bridgehead atoms. The zero-order valence-corrected chi connectivity index (χ0v) is 7.52. The first kappa shape index (κ1) is 10.2. The Morgan fingerprint density at radius 1 is 1.57 bits per heavy atom. The van der Waals surface area contributed by atoms with E-state index in [2.05, 4.69) is 26.5 Å². The van der Waals surface area contributed by atoms with E-state index in [0.29, 0.717) is 5.69 Å². The summed E-state index contributed by atoms with van der Waals surface area (Å²) in [5, 5.41) is 8.41. The van der Waals surface area contributed by atoms with Gasteiger partial charge in [-0.2, -0.15) is 0 Å². The standard InChI is InChI=1S/C9H8N2O3/c1-14-9(13)8-6-10-7(5-11-8)3-2-4-12/h5-6,12H,4H2,1H3. The molecule has 0 fully saturated rings. The Morgan fingerprint density at radius 3 is 2.86 bits per heavy atom. The highest BCUT2D eigenvalue weighted by molar-refractivity contribution is 5.86. The number of carbonyl (C=O) groups excluding carboxylic acids is 1. The van der Waals surface area contributed by atoms with Crippen LogP contribution in [0.15, 0.2) is 12.4 Å². The van der Waals surface area contributed by atoms with Gasteiger partial charge in [0.25, 0.3) is 0 Å². The van der Waals surface area contributed by atoms with Crippen LogP contribution >= 0.6 is 0 Å². The first-order valence-corrected chi connectivity index (χ1v) is 3.78. The Labute approximate surface area is 80.8 Å². The number of hydrogen-bond donors (Lipinski definition) is 1. The van der Waals surface area contributed by atoms with Crippen molar-refractivity contribution in [3.05, 3.63) is 23.8 Å². The molecule has 0 aliphatic rings. The molecule has 1 rings (SSSR count). The minimum atomic E-state index is -0.542. The predicted molar refractivity (Wildman–Crippen MR) is 47.3 cm³/mol. The highest BCUT2D eigenvalue weighted by atomic mass is 16.5. The topological polar surface area (TPSA) is 72.3 Å². The lowest BCUT2D eigenvalue weighted by Gasteiger charge is -1.96. The number of methoxy groups -OCH3 is 1. The maximum absolute atomic E-state index is 10.9. The molecular weight excluding hydrogens is 184 g/mol. The summed E-state index contributed by atoms with van der Waals surface area (Å²) >= 11 is 0. The minimum Gasteiger partial charge on any atom is -0.464 e. The molecule has 1 N–H and O–H groups in total. The number of esters is 1. The van der Waals surface area contributed by atoms with Crippen molar-refractivity contribution >= 4 is 5.97 Å². The molecule has 0 amide bonds. The molecule has 0 atom stereocenters. The number of aromatic nitrogens is 2. The zero-order chi connectivity index (χ0) is 10.4. The molecule has 0 unspecified atom stereocenters. The van der Waals surface area contributed by atoms with Gasteiger partial charge in [0, 0.05) is 0 Å². The Morgan fingerprint density at radius 2 is 2.36 bits per heavy atom. The lowest BCUT2D eigenvalue weighted by molar-refractivity contribution is 0.0593. The molecule has 0 radical (unpaired) electrons. The van der Waals surface area contributed by atoms with Gasteiger partial charge in [-0.3, -0.25) is 0 Å². The van der Waals surface area contributed by atoms with Gasteiger partial charge in [-0.15, -0.1) is 0 Å². The molecule has 0 spiro atoms. The number of carbonyl (C=O) groups is 1. The molecule has 1 heterocycles. The van der Waals surface area contributed by atoms with Crippen molar-refractivity contribution in [2.24, 2.45) is 0 Å². The van der Waals surface area contributed by atoms with Crippen LogP contribution < -0.4 is 0 Å². The molecule has 0 aliphatic heterocycles. The van der Waals surface area contributed by atoms with Crippen LogP contribution in [0, 0.1) is 11.8 Å². The van der Waals surface area contributed by atoms with Crippen LogP contribution in [0.4, 0.5) is 0 Å². The van der Waals surface area contributed by atoms with Crippen LogP contribution in [0.25, 0.3) is 0 Å². The summed E-state index contributed by atoms with van der Waals surface area (Å²) in [7, 11) is 1.27. The highest BCUT2D eigenvalue weighted by Gasteiger charge is 2.05. The summed E-state index contributed by atoms with van der Waals surface area (Å²) in [5.41, 5.74) is 0.522. The van der Waals surface area contributed by atoms with Gasteiger partial charge >= 0.3 is 5.97 Å². The van der Waals surface area contributed by atoms with Crippen LogP contribution in [0.3, 0.4) is 0 Å². The summed E-state index contributed by atoms with van der Waals surface area (Å²) in [6.07, 6.45) is 2.61. The van der Waals surface area contributed by atoms with Crippen molar-refractivity contribution in [1.82, 2.24) is 9.97 Å². The summed E-state index contributed by atoms with van der Waals surface area (Å²) in [4.78, 5) is 18.6. The second kappa shape index (κ2) is 4.94. The van der Waals surface area contributed by atoms with Crippen LogP contribution in [-0.4, -0.2) is 34.8 Å². The van der Waals surface area contributed by atoms with Crippen molar-refractivity contribution in [1.29, 1.82) is 0 Å². The number of aliphatic hydroxyl groups is 1. The van der Waals surface area contributed by atoms with Gasteiger partial charge in [0.15, 0.2) is 5.69 Å². The number of nitrogens with zero attached hydrogens (tertiary/aromatic N) is 2. The molecule has 72 valence electrons. The lowest BCUT2D eigenvalue weighted by atomic mass is 10.4. The van der Waals surface area contributed by atoms with E-state index in [9.17, 15) is 4.79 Å². The smallest absolute Gasteiger partial charge is 0.358 e. The summed E-state index contributed by atoms with van der Waals surface area (Å²) in [6, 6.07) is 0. The molecule has 5 heteroatoms. The van der Waals surface area contributed by atoms with Gasteiger partial charge in [0.2, 0.25) is 0 Å². The number of rotatable bonds is 1. The fourth-order valence-electron chi connectivity index (χ4n) is 0.733. The summed E-state index contributed by atoms with van der Waals surface area (Å²) in [5.74, 6) is 4.42. The van der Waals surface area contributed by atoms with Crippen LogP contribution in [0.5, 0.6) is 0 Å². The van der Waals surface area contributed by atoms with E-state index in [4.69, 9.17) is 5.11 Å². The van der Waals surface area contributed by atoms with E-state index in [1.807, 2.05) is 0 Å². The van der Waals surface area contributed by atoms with E-state index in [1.165, 1.54) is 19.5 Å². The normalized spacial score (nSPS) is 8.71. The maximum Gasteiger partial charge on any atom is 0.358 e. The minimum absolute atomic E-state index is 0.127. The van der Waals surface area contributed by atoms with Gasteiger partial charge in [-0.25, -0.2) is 14.8 Å². The third-order valence-corrected chi connectivity index (χ3v) is 1.34. The highest BCUT2D eigenvalue weighted by Crippen LogP contribution is 1.95. The number of ether oxygens (including phenoxy) is 1. The molecule has 0 aromatic carbocycles. The van der Waals surface area contributed by atoms with E-state index >= 15 is 0 Å². The van der Waals surface area contributed by atoms with Crippen LogP contribution in [0.2, 0.25) is 0 Å². The fourth-order valence-corrected chi connectivity index (χ4v) is 0.733. The molecule has 5 nitrogen and oxygen atoms in total. The number of aliphatic hydroxyl groups excluding tert-OH is 1. The van der Waals surface area contributed by atoms with Crippen molar-refractivity contribution in [3.63, 3.8) is 0 Å². The summed E-state index contributed by atoms with van der Waals surface area (Å²) in [6.45, 7) is -0.236. The van der Waals surface area contributed by atoms with Crippen LogP contribution in [-0.2, 0) is 4.74 Å². The molecule has 1 aromatic heterocycles. The summed E-state index contributed by atoms with van der Waals surface area (Å²) < 4.78 is 4.44. The van der Waals surface area contributed by atoms with E-state index < -0.39 is 5.97 Å². The van der Waals surface area contributed by atoms with E-state index in [-0.39, 0.29) is 12.3 Å². The average molecular weight is 192 g/mol. The van der Waals surface area contributed by atoms with Gasteiger partial charge in [0.1, 0.15) is 12.3 Å². The van der Waals surface area contributed by atoms with Gasteiger partial charge < -0.3 is 9.84 Å². The monoisotopic (exact) mass is 192 g/mol. The zero-order valence-electron chi connectivity index (χ0n) is 7.52. The van der Waals surface area contributed by atoms with Crippen molar-refractivity contribution < 1.29 is 14.6 Å².